The van der Waals surface area contributed by atoms with Crippen molar-refractivity contribution >= 4 is 31.7 Å². The van der Waals surface area contributed by atoms with Crippen molar-refractivity contribution in [2.24, 2.45) is 0 Å². The van der Waals surface area contributed by atoms with Gasteiger partial charge in [0, 0.05) is 12.6 Å². The van der Waals surface area contributed by atoms with Gasteiger partial charge in [0.2, 0.25) is 0 Å². The fourth-order valence-corrected chi connectivity index (χ4v) is 4.34. The number of carbonyl (C=O) groups is 1. The average Bonchev–Trinajstić information content (AvgIpc) is 2.70. The van der Waals surface area contributed by atoms with Crippen molar-refractivity contribution in [3.05, 3.63) is 28.5 Å². The first-order chi connectivity index (χ1) is 8.93. The smallest absolute Gasteiger partial charge is 0.272 e. The van der Waals surface area contributed by atoms with Crippen LogP contribution in [0.2, 0.25) is 0 Å². The van der Waals surface area contributed by atoms with Crippen molar-refractivity contribution in [1.82, 2.24) is 9.88 Å². The second-order valence-corrected chi connectivity index (χ2v) is 7.53. The number of pyridine rings is 1. The summed E-state index contributed by atoms with van der Waals surface area (Å²) in [5, 5.41) is 0. The zero-order chi connectivity index (χ0) is 14.0. The van der Waals surface area contributed by atoms with Gasteiger partial charge in [0.15, 0.2) is 9.84 Å². The number of nitrogens with zero attached hydrogens (tertiary/aromatic N) is 2. The Bertz CT molecular complexity index is 588. The van der Waals surface area contributed by atoms with E-state index in [4.69, 9.17) is 0 Å². The summed E-state index contributed by atoms with van der Waals surface area (Å²) in [5.74, 6) is -0.000546. The maximum absolute atomic E-state index is 12.4. The third-order valence-corrected chi connectivity index (χ3v) is 5.38. The standard InChI is InChI=1S/C12H15BrN2O3S/c1-2-15(9-6-7-19(17,18)8-9)12(16)10-4-3-5-11(13)14-10/h3-5,9H,2,6-8H2,1H3. The fourth-order valence-electron chi connectivity index (χ4n) is 2.26. The van der Waals surface area contributed by atoms with Crippen LogP contribution in [0.15, 0.2) is 22.8 Å². The summed E-state index contributed by atoms with van der Waals surface area (Å²) < 4.78 is 23.6. The van der Waals surface area contributed by atoms with Crippen molar-refractivity contribution < 1.29 is 13.2 Å². The molecule has 0 aromatic carbocycles. The molecule has 0 radical (unpaired) electrons. The van der Waals surface area contributed by atoms with Crippen LogP contribution in [-0.4, -0.2) is 48.3 Å². The third kappa shape index (κ3) is 3.33. The van der Waals surface area contributed by atoms with Crippen molar-refractivity contribution in [3.63, 3.8) is 0 Å². The Hall–Kier alpha value is -0.950. The number of rotatable bonds is 3. The molecule has 7 heteroatoms. The molecule has 104 valence electrons. The lowest BCUT2D eigenvalue weighted by molar-refractivity contribution is 0.0702. The minimum Gasteiger partial charge on any atom is -0.334 e. The molecule has 1 saturated heterocycles. The van der Waals surface area contributed by atoms with Crippen molar-refractivity contribution in [1.29, 1.82) is 0 Å². The Kier molecular flexibility index (Phi) is 4.25. The predicted molar refractivity (Wildman–Crippen MR) is 75.7 cm³/mol. The van der Waals surface area contributed by atoms with E-state index in [1.807, 2.05) is 6.92 Å². The first-order valence-corrected chi connectivity index (χ1v) is 8.68. The van der Waals surface area contributed by atoms with Crippen LogP contribution in [0.25, 0.3) is 0 Å². The van der Waals surface area contributed by atoms with Gasteiger partial charge in [-0.15, -0.1) is 0 Å². The van der Waals surface area contributed by atoms with Gasteiger partial charge >= 0.3 is 0 Å². The SMILES string of the molecule is CCN(C(=O)c1cccc(Br)n1)C1CCS(=O)(=O)C1. The lowest BCUT2D eigenvalue weighted by Crippen LogP contribution is -2.41. The quantitative estimate of drug-likeness (QED) is 0.777. The number of halogens is 1. The van der Waals surface area contributed by atoms with Crippen LogP contribution in [0.3, 0.4) is 0 Å². The van der Waals surface area contributed by atoms with E-state index in [2.05, 4.69) is 20.9 Å². The highest BCUT2D eigenvalue weighted by molar-refractivity contribution is 9.10. The first kappa shape index (κ1) is 14.5. The molecule has 0 aliphatic carbocycles. The molecule has 0 N–H and O–H groups in total. The van der Waals surface area contributed by atoms with Crippen molar-refractivity contribution in [2.75, 3.05) is 18.1 Å². The molecule has 1 atom stereocenters. The zero-order valence-corrected chi connectivity index (χ0v) is 12.9. The van der Waals surface area contributed by atoms with Crippen LogP contribution >= 0.6 is 15.9 Å². The van der Waals surface area contributed by atoms with Gasteiger partial charge in [-0.25, -0.2) is 13.4 Å². The Labute approximate surface area is 121 Å². The van der Waals surface area contributed by atoms with E-state index >= 15 is 0 Å². The van der Waals surface area contributed by atoms with E-state index in [-0.39, 0.29) is 23.5 Å². The van der Waals surface area contributed by atoms with Crippen LogP contribution in [0.4, 0.5) is 0 Å². The molecule has 1 aliphatic rings. The second-order valence-electron chi connectivity index (χ2n) is 4.49. The van der Waals surface area contributed by atoms with Crippen LogP contribution in [-0.2, 0) is 9.84 Å². The summed E-state index contributed by atoms with van der Waals surface area (Å²) in [6.07, 6.45) is 0.510. The Morgan fingerprint density at radius 2 is 2.26 bits per heavy atom. The average molecular weight is 347 g/mol. The summed E-state index contributed by atoms with van der Waals surface area (Å²) in [4.78, 5) is 18.1. The molecule has 1 aliphatic heterocycles. The molecule has 2 heterocycles. The number of carbonyl (C=O) groups excluding carboxylic acids is 1. The van der Waals surface area contributed by atoms with Gasteiger partial charge < -0.3 is 4.90 Å². The predicted octanol–water partition coefficient (Wildman–Crippen LogP) is 1.49. The molecule has 1 amide bonds. The molecule has 0 bridgehead atoms. The minimum atomic E-state index is -3.00. The van der Waals surface area contributed by atoms with Gasteiger partial charge in [0.1, 0.15) is 10.3 Å². The number of amides is 1. The molecule has 1 aromatic heterocycles. The van der Waals surface area contributed by atoms with Crippen LogP contribution in [0.5, 0.6) is 0 Å². The number of sulfone groups is 1. The van der Waals surface area contributed by atoms with Gasteiger partial charge in [-0.2, -0.15) is 0 Å². The fraction of sp³-hybridized carbons (Fsp3) is 0.500. The lowest BCUT2D eigenvalue weighted by atomic mass is 10.2. The number of aromatic nitrogens is 1. The molecule has 1 unspecified atom stereocenters. The molecule has 2 rings (SSSR count). The van der Waals surface area contributed by atoms with Gasteiger partial charge in [0.05, 0.1) is 11.5 Å². The van der Waals surface area contributed by atoms with E-state index in [0.29, 0.717) is 23.3 Å². The normalized spacial score (nSPS) is 21.3. The molecular weight excluding hydrogens is 332 g/mol. The topological polar surface area (TPSA) is 67.3 Å². The van der Waals surface area contributed by atoms with E-state index in [9.17, 15) is 13.2 Å². The van der Waals surface area contributed by atoms with Crippen molar-refractivity contribution in [2.45, 2.75) is 19.4 Å². The molecule has 1 aromatic rings. The van der Waals surface area contributed by atoms with E-state index in [1.54, 1.807) is 23.1 Å². The van der Waals surface area contributed by atoms with E-state index < -0.39 is 9.84 Å². The van der Waals surface area contributed by atoms with Crippen LogP contribution < -0.4 is 0 Å². The Balaban J connectivity index is 2.21. The molecular formula is C12H15BrN2O3S. The van der Waals surface area contributed by atoms with Gasteiger partial charge in [0.25, 0.3) is 5.91 Å². The Morgan fingerprint density at radius 3 is 2.79 bits per heavy atom. The highest BCUT2D eigenvalue weighted by atomic mass is 79.9. The van der Waals surface area contributed by atoms with Gasteiger partial charge in [-0.05, 0) is 41.4 Å². The van der Waals surface area contributed by atoms with Crippen LogP contribution in [0, 0.1) is 0 Å². The second kappa shape index (κ2) is 5.58. The van der Waals surface area contributed by atoms with E-state index in [0.717, 1.165) is 0 Å². The third-order valence-electron chi connectivity index (χ3n) is 3.18. The molecule has 0 saturated carbocycles. The highest BCUT2D eigenvalue weighted by Gasteiger charge is 2.34. The Morgan fingerprint density at radius 1 is 1.53 bits per heavy atom. The van der Waals surface area contributed by atoms with E-state index in [1.165, 1.54) is 0 Å². The summed E-state index contributed by atoms with van der Waals surface area (Å²) in [7, 11) is -3.00. The highest BCUT2D eigenvalue weighted by Crippen LogP contribution is 2.19. The van der Waals surface area contributed by atoms with Crippen LogP contribution in [0.1, 0.15) is 23.8 Å². The van der Waals surface area contributed by atoms with Crippen molar-refractivity contribution in [3.8, 4) is 0 Å². The molecule has 19 heavy (non-hydrogen) atoms. The maximum Gasteiger partial charge on any atom is 0.272 e. The van der Waals surface area contributed by atoms with Gasteiger partial charge in [-0.1, -0.05) is 6.07 Å². The van der Waals surface area contributed by atoms with Gasteiger partial charge in [-0.3, -0.25) is 4.79 Å². The zero-order valence-electron chi connectivity index (χ0n) is 10.5. The summed E-state index contributed by atoms with van der Waals surface area (Å²) in [5.41, 5.74) is 0.334. The molecule has 1 fully saturated rings. The monoisotopic (exact) mass is 346 g/mol. The minimum absolute atomic E-state index is 0.0561. The molecule has 0 spiro atoms. The summed E-state index contributed by atoms with van der Waals surface area (Å²) in [6, 6.07) is 4.89. The lowest BCUT2D eigenvalue weighted by Gasteiger charge is -2.26. The summed E-state index contributed by atoms with van der Waals surface area (Å²) in [6.45, 7) is 2.33. The summed E-state index contributed by atoms with van der Waals surface area (Å²) >= 11 is 3.23. The largest absolute Gasteiger partial charge is 0.334 e. The number of hydrogen-bond donors (Lipinski definition) is 0. The number of hydrogen-bond acceptors (Lipinski definition) is 4. The molecule has 5 nitrogen and oxygen atoms in total. The maximum atomic E-state index is 12.4. The first-order valence-electron chi connectivity index (χ1n) is 6.07.